The highest BCUT2D eigenvalue weighted by atomic mass is 19.1. The van der Waals surface area contributed by atoms with Gasteiger partial charge in [0.15, 0.2) is 11.5 Å². The molecule has 0 fully saturated rings. The predicted molar refractivity (Wildman–Crippen MR) is 141 cm³/mol. The smallest absolute Gasteiger partial charge is 0.244 e. The Hall–Kier alpha value is -4.13. The Balaban J connectivity index is 1.41. The van der Waals surface area contributed by atoms with E-state index < -0.39 is 0 Å². The Morgan fingerprint density at radius 1 is 0.892 bits per heavy atom. The molecule has 7 heteroatoms. The lowest BCUT2D eigenvalue weighted by molar-refractivity contribution is -0.131. The maximum Gasteiger partial charge on any atom is 0.244 e. The van der Waals surface area contributed by atoms with Gasteiger partial charge in [-0.15, -0.1) is 0 Å². The van der Waals surface area contributed by atoms with Crippen molar-refractivity contribution in [3.8, 4) is 34.0 Å². The number of methoxy groups -OCH3 is 2. The first-order valence-electron chi connectivity index (χ1n) is 12.4. The van der Waals surface area contributed by atoms with E-state index in [1.54, 1.807) is 38.0 Å². The van der Waals surface area contributed by atoms with Crippen molar-refractivity contribution in [2.75, 3.05) is 27.3 Å². The molecule has 0 radical (unpaired) electrons. The van der Waals surface area contributed by atoms with Gasteiger partial charge in [0.05, 0.1) is 25.6 Å². The van der Waals surface area contributed by atoms with Crippen molar-refractivity contribution in [3.63, 3.8) is 0 Å². The first-order chi connectivity index (χ1) is 18.0. The highest BCUT2D eigenvalue weighted by molar-refractivity contribution is 5.78. The van der Waals surface area contributed by atoms with E-state index in [1.807, 2.05) is 53.4 Å². The van der Waals surface area contributed by atoms with Crippen molar-refractivity contribution in [1.29, 1.82) is 0 Å². The van der Waals surface area contributed by atoms with Crippen molar-refractivity contribution in [2.45, 2.75) is 26.3 Å². The van der Waals surface area contributed by atoms with Crippen LogP contribution in [0.4, 0.5) is 4.39 Å². The highest BCUT2D eigenvalue weighted by Crippen LogP contribution is 2.32. The molecule has 0 atom stereocenters. The lowest BCUT2D eigenvalue weighted by Gasteiger charge is -2.21. The van der Waals surface area contributed by atoms with Gasteiger partial charge in [0, 0.05) is 18.7 Å². The minimum atomic E-state index is -0.251. The van der Waals surface area contributed by atoms with E-state index in [0.29, 0.717) is 35.8 Å². The van der Waals surface area contributed by atoms with Crippen LogP contribution in [0.25, 0.3) is 22.5 Å². The lowest BCUT2D eigenvalue weighted by Crippen LogP contribution is -2.36. The number of carbonyl (C=O) groups is 1. The Bertz CT molecular complexity index is 1400. The number of amides is 1. The molecule has 1 aliphatic rings. The summed E-state index contributed by atoms with van der Waals surface area (Å²) >= 11 is 0. The van der Waals surface area contributed by atoms with E-state index in [-0.39, 0.29) is 18.3 Å². The van der Waals surface area contributed by atoms with Crippen LogP contribution in [0, 0.1) is 12.7 Å². The molecule has 0 saturated carbocycles. The molecule has 37 heavy (non-hydrogen) atoms. The average Bonchev–Trinajstić information content (AvgIpc) is 3.22. The van der Waals surface area contributed by atoms with E-state index >= 15 is 0 Å². The summed E-state index contributed by atoms with van der Waals surface area (Å²) in [7, 11) is 3.26. The van der Waals surface area contributed by atoms with Crippen LogP contribution in [0.2, 0.25) is 0 Å². The molecule has 0 N–H and O–H groups in total. The number of rotatable bonds is 6. The standard InChI is InChI=1S/C30H30FN3O3/c1-20-15-24(9-10-25(20)31)26-18-27(21-7-5-4-6-8-21)34(32-26)19-30(35)33-13-11-22-16-28(36-2)29(37-3)17-23(22)12-14-33/h4-10,15-18H,11-14,19H2,1-3H3. The van der Waals surface area contributed by atoms with E-state index in [2.05, 4.69) is 0 Å². The topological polar surface area (TPSA) is 56.6 Å². The van der Waals surface area contributed by atoms with Crippen LogP contribution in [0.15, 0.2) is 66.7 Å². The third-order valence-corrected chi connectivity index (χ3v) is 6.95. The molecule has 3 aromatic carbocycles. The second-order valence-electron chi connectivity index (χ2n) is 9.26. The Kier molecular flexibility index (Phi) is 6.95. The van der Waals surface area contributed by atoms with E-state index in [9.17, 15) is 9.18 Å². The fraction of sp³-hybridized carbons (Fsp3) is 0.267. The van der Waals surface area contributed by atoms with Crippen molar-refractivity contribution in [3.05, 3.63) is 89.2 Å². The van der Waals surface area contributed by atoms with Crippen LogP contribution >= 0.6 is 0 Å². The van der Waals surface area contributed by atoms with Gasteiger partial charge in [-0.2, -0.15) is 5.10 Å². The van der Waals surface area contributed by atoms with Crippen LogP contribution in [-0.4, -0.2) is 47.9 Å². The molecule has 1 aromatic heterocycles. The number of carbonyl (C=O) groups excluding carboxylic acids is 1. The van der Waals surface area contributed by atoms with Crippen molar-refractivity contribution in [2.24, 2.45) is 0 Å². The zero-order valence-electron chi connectivity index (χ0n) is 21.3. The van der Waals surface area contributed by atoms with Crippen molar-refractivity contribution < 1.29 is 18.7 Å². The number of aryl methyl sites for hydroxylation is 1. The predicted octanol–water partition coefficient (Wildman–Crippen LogP) is 5.31. The molecule has 0 spiro atoms. The van der Waals surface area contributed by atoms with Gasteiger partial charge in [0.25, 0.3) is 0 Å². The second-order valence-corrected chi connectivity index (χ2v) is 9.26. The number of fused-ring (bicyclic) bond motifs is 1. The number of benzene rings is 3. The molecular weight excluding hydrogens is 469 g/mol. The molecule has 2 heterocycles. The first-order valence-corrected chi connectivity index (χ1v) is 12.4. The zero-order chi connectivity index (χ0) is 25.9. The maximum absolute atomic E-state index is 13.9. The fourth-order valence-electron chi connectivity index (χ4n) is 4.85. The zero-order valence-corrected chi connectivity index (χ0v) is 21.3. The van der Waals surface area contributed by atoms with Crippen molar-refractivity contribution >= 4 is 5.91 Å². The van der Waals surface area contributed by atoms with Crippen LogP contribution in [0.3, 0.4) is 0 Å². The van der Waals surface area contributed by atoms with E-state index in [4.69, 9.17) is 14.6 Å². The largest absolute Gasteiger partial charge is 0.493 e. The summed E-state index contributed by atoms with van der Waals surface area (Å²) < 4.78 is 26.6. The quantitative estimate of drug-likeness (QED) is 0.361. The Morgan fingerprint density at radius 2 is 1.54 bits per heavy atom. The molecule has 0 saturated heterocycles. The molecule has 190 valence electrons. The van der Waals surface area contributed by atoms with Gasteiger partial charge >= 0.3 is 0 Å². The lowest BCUT2D eigenvalue weighted by atomic mass is 10.0. The van der Waals surface area contributed by atoms with E-state index in [1.165, 1.54) is 17.2 Å². The van der Waals surface area contributed by atoms with Crippen LogP contribution < -0.4 is 9.47 Å². The van der Waals surface area contributed by atoms with Gasteiger partial charge < -0.3 is 14.4 Å². The van der Waals surface area contributed by atoms with Gasteiger partial charge in [-0.05, 0) is 78.4 Å². The molecule has 1 aliphatic heterocycles. The number of hydrogen-bond acceptors (Lipinski definition) is 4. The number of nitrogens with zero attached hydrogens (tertiary/aromatic N) is 3. The number of ether oxygens (including phenoxy) is 2. The molecule has 1 amide bonds. The summed E-state index contributed by atoms with van der Waals surface area (Å²) in [6.45, 7) is 3.09. The number of hydrogen-bond donors (Lipinski definition) is 0. The highest BCUT2D eigenvalue weighted by Gasteiger charge is 2.22. The van der Waals surface area contributed by atoms with Gasteiger partial charge in [0.2, 0.25) is 5.91 Å². The molecule has 0 aliphatic carbocycles. The maximum atomic E-state index is 13.9. The first kappa shape index (κ1) is 24.6. The normalized spacial score (nSPS) is 13.1. The Morgan fingerprint density at radius 3 is 2.14 bits per heavy atom. The van der Waals surface area contributed by atoms with Gasteiger partial charge in [-0.1, -0.05) is 30.3 Å². The Labute approximate surface area is 216 Å². The summed E-state index contributed by atoms with van der Waals surface area (Å²) in [5.41, 5.74) is 6.24. The SMILES string of the molecule is COc1cc2c(cc1OC)CCN(C(=O)Cn1nc(-c3ccc(F)c(C)c3)cc1-c1ccccc1)CC2. The molecular formula is C30H30FN3O3. The molecule has 0 unspecified atom stereocenters. The summed E-state index contributed by atoms with van der Waals surface area (Å²) in [5.74, 6) is 1.16. The summed E-state index contributed by atoms with van der Waals surface area (Å²) in [6.07, 6.45) is 1.48. The summed E-state index contributed by atoms with van der Waals surface area (Å²) in [4.78, 5) is 15.4. The van der Waals surface area contributed by atoms with Gasteiger partial charge in [0.1, 0.15) is 12.4 Å². The van der Waals surface area contributed by atoms with Gasteiger partial charge in [-0.25, -0.2) is 4.39 Å². The molecule has 4 aromatic rings. The molecule has 5 rings (SSSR count). The summed E-state index contributed by atoms with van der Waals surface area (Å²) in [6, 6.07) is 20.8. The molecule has 0 bridgehead atoms. The number of halogens is 1. The second kappa shape index (κ2) is 10.5. The number of aromatic nitrogens is 2. The fourth-order valence-corrected chi connectivity index (χ4v) is 4.85. The van der Waals surface area contributed by atoms with Gasteiger partial charge in [-0.3, -0.25) is 9.48 Å². The minimum Gasteiger partial charge on any atom is -0.493 e. The summed E-state index contributed by atoms with van der Waals surface area (Å²) in [5, 5.41) is 4.78. The third kappa shape index (κ3) is 5.07. The minimum absolute atomic E-state index is 0.00820. The van der Waals surface area contributed by atoms with Crippen LogP contribution in [-0.2, 0) is 24.2 Å². The molecule has 6 nitrogen and oxygen atoms in total. The monoisotopic (exact) mass is 499 g/mol. The van der Waals surface area contributed by atoms with Crippen LogP contribution in [0.5, 0.6) is 11.5 Å². The van der Waals surface area contributed by atoms with E-state index in [0.717, 1.165) is 29.7 Å². The van der Waals surface area contributed by atoms with Crippen LogP contribution in [0.1, 0.15) is 16.7 Å². The third-order valence-electron chi connectivity index (χ3n) is 6.95. The average molecular weight is 500 g/mol. The van der Waals surface area contributed by atoms with Crippen molar-refractivity contribution in [1.82, 2.24) is 14.7 Å².